The molecule has 0 saturated heterocycles. The molecule has 136 valence electrons. The number of ether oxygens (including phenoxy) is 3. The normalized spacial score (nSPS) is 11.5. The van der Waals surface area contributed by atoms with Gasteiger partial charge in [-0.3, -0.25) is 4.99 Å². The number of methoxy groups -OCH3 is 1. The lowest BCUT2D eigenvalue weighted by molar-refractivity contribution is 0.0733. The standard InChI is InChI=1S/C15H22Cl3N3O3/c1-19-15(20-3-5-23-8-7-22-2)21-4-6-24-14-12(17)9-11(16)10-13(14)18/h9-10H,3-8H2,1-2H3,(H2,19,20,21). The van der Waals surface area contributed by atoms with Gasteiger partial charge in [-0.25, -0.2) is 0 Å². The molecule has 0 spiro atoms. The minimum Gasteiger partial charge on any atom is -0.489 e. The summed E-state index contributed by atoms with van der Waals surface area (Å²) in [7, 11) is 3.33. The molecule has 24 heavy (non-hydrogen) atoms. The third-order valence-electron chi connectivity index (χ3n) is 2.80. The first-order valence-electron chi connectivity index (χ1n) is 7.37. The zero-order chi connectivity index (χ0) is 17.8. The molecule has 0 saturated carbocycles. The summed E-state index contributed by atoms with van der Waals surface area (Å²) < 4.78 is 15.8. The van der Waals surface area contributed by atoms with E-state index in [2.05, 4.69) is 15.6 Å². The van der Waals surface area contributed by atoms with Crippen LogP contribution >= 0.6 is 34.8 Å². The van der Waals surface area contributed by atoms with Crippen molar-refractivity contribution in [2.45, 2.75) is 0 Å². The molecular formula is C15H22Cl3N3O3. The van der Waals surface area contributed by atoms with Crippen LogP contribution in [0.5, 0.6) is 5.75 Å². The smallest absolute Gasteiger partial charge is 0.191 e. The van der Waals surface area contributed by atoms with Crippen LogP contribution in [0.1, 0.15) is 0 Å². The summed E-state index contributed by atoms with van der Waals surface area (Å²) in [5, 5.41) is 7.46. The Hall–Kier alpha value is -0.920. The first-order valence-corrected chi connectivity index (χ1v) is 8.50. The molecule has 9 heteroatoms. The van der Waals surface area contributed by atoms with Gasteiger partial charge in [-0.1, -0.05) is 34.8 Å². The number of halogens is 3. The predicted molar refractivity (Wildman–Crippen MR) is 99.0 cm³/mol. The van der Waals surface area contributed by atoms with Gasteiger partial charge < -0.3 is 24.8 Å². The van der Waals surface area contributed by atoms with Crippen LogP contribution in [0.3, 0.4) is 0 Å². The fourth-order valence-corrected chi connectivity index (χ4v) is 2.62. The summed E-state index contributed by atoms with van der Waals surface area (Å²) in [6, 6.07) is 3.17. The molecule has 2 N–H and O–H groups in total. The second-order valence-electron chi connectivity index (χ2n) is 4.58. The Bertz CT molecular complexity index is 507. The molecule has 0 radical (unpaired) electrons. The molecule has 0 atom stereocenters. The van der Waals surface area contributed by atoms with Crippen LogP contribution < -0.4 is 15.4 Å². The van der Waals surface area contributed by atoms with Crippen molar-refractivity contribution in [3.8, 4) is 5.75 Å². The number of rotatable bonds is 10. The van der Waals surface area contributed by atoms with E-state index in [0.29, 0.717) is 66.3 Å². The number of hydrogen-bond donors (Lipinski definition) is 2. The van der Waals surface area contributed by atoms with Gasteiger partial charge in [0.15, 0.2) is 11.7 Å². The highest BCUT2D eigenvalue weighted by Gasteiger charge is 2.09. The fraction of sp³-hybridized carbons (Fsp3) is 0.533. The van der Waals surface area contributed by atoms with Crippen molar-refractivity contribution in [2.75, 3.05) is 53.7 Å². The van der Waals surface area contributed by atoms with Gasteiger partial charge in [0.2, 0.25) is 0 Å². The molecule has 1 rings (SSSR count). The first kappa shape index (κ1) is 21.1. The average molecular weight is 399 g/mol. The summed E-state index contributed by atoms with van der Waals surface area (Å²) in [6.07, 6.45) is 0. The van der Waals surface area contributed by atoms with E-state index in [1.807, 2.05) is 0 Å². The largest absolute Gasteiger partial charge is 0.489 e. The third-order valence-corrected chi connectivity index (χ3v) is 3.58. The molecule has 0 fully saturated rings. The van der Waals surface area contributed by atoms with E-state index in [1.165, 1.54) is 0 Å². The summed E-state index contributed by atoms with van der Waals surface area (Å²) in [6.45, 7) is 3.25. The molecule has 0 bridgehead atoms. The zero-order valence-corrected chi connectivity index (χ0v) is 16.0. The Morgan fingerprint density at radius 2 is 1.62 bits per heavy atom. The van der Waals surface area contributed by atoms with Crippen LogP contribution in [0.15, 0.2) is 17.1 Å². The molecule has 6 nitrogen and oxygen atoms in total. The number of hydrogen-bond acceptors (Lipinski definition) is 4. The van der Waals surface area contributed by atoms with E-state index >= 15 is 0 Å². The highest BCUT2D eigenvalue weighted by Crippen LogP contribution is 2.35. The lowest BCUT2D eigenvalue weighted by Crippen LogP contribution is -2.40. The van der Waals surface area contributed by atoms with Gasteiger partial charge in [-0.15, -0.1) is 0 Å². The maximum Gasteiger partial charge on any atom is 0.191 e. The van der Waals surface area contributed by atoms with Crippen molar-refractivity contribution in [1.29, 1.82) is 0 Å². The van der Waals surface area contributed by atoms with Crippen LogP contribution in [0.2, 0.25) is 15.1 Å². The van der Waals surface area contributed by atoms with Gasteiger partial charge >= 0.3 is 0 Å². The third kappa shape index (κ3) is 8.26. The van der Waals surface area contributed by atoms with Gasteiger partial charge in [0.05, 0.1) is 36.4 Å². The minimum absolute atomic E-state index is 0.367. The van der Waals surface area contributed by atoms with E-state index in [-0.39, 0.29) is 0 Å². The first-order chi connectivity index (χ1) is 11.6. The second kappa shape index (κ2) is 12.4. The molecule has 0 aromatic heterocycles. The molecule has 0 amide bonds. The number of guanidine groups is 1. The van der Waals surface area contributed by atoms with Crippen molar-refractivity contribution in [1.82, 2.24) is 10.6 Å². The zero-order valence-electron chi connectivity index (χ0n) is 13.7. The number of aliphatic imine (C=N–C) groups is 1. The number of benzene rings is 1. The Kier molecular flexibility index (Phi) is 11.0. The van der Waals surface area contributed by atoms with E-state index in [4.69, 9.17) is 49.0 Å². The highest BCUT2D eigenvalue weighted by atomic mass is 35.5. The van der Waals surface area contributed by atoms with Crippen LogP contribution in [-0.4, -0.2) is 59.6 Å². The van der Waals surface area contributed by atoms with E-state index < -0.39 is 0 Å². The Balaban J connectivity index is 2.23. The summed E-state index contributed by atoms with van der Waals surface area (Å²) in [5.74, 6) is 1.07. The van der Waals surface area contributed by atoms with E-state index in [9.17, 15) is 0 Å². The quantitative estimate of drug-likeness (QED) is 0.360. The van der Waals surface area contributed by atoms with Crippen molar-refractivity contribution in [3.63, 3.8) is 0 Å². The van der Waals surface area contributed by atoms with Crippen molar-refractivity contribution >= 4 is 40.8 Å². The molecule has 0 aliphatic rings. The highest BCUT2D eigenvalue weighted by molar-refractivity contribution is 6.40. The topological polar surface area (TPSA) is 64.1 Å². The van der Waals surface area contributed by atoms with Crippen LogP contribution in [0.4, 0.5) is 0 Å². The molecule has 0 unspecified atom stereocenters. The monoisotopic (exact) mass is 397 g/mol. The average Bonchev–Trinajstić information content (AvgIpc) is 2.54. The van der Waals surface area contributed by atoms with Crippen LogP contribution in [0.25, 0.3) is 0 Å². The Labute approximate surface area is 157 Å². The Morgan fingerprint density at radius 1 is 1.00 bits per heavy atom. The van der Waals surface area contributed by atoms with Gasteiger partial charge in [0.1, 0.15) is 6.61 Å². The summed E-state index contributed by atoms with van der Waals surface area (Å²) in [5.41, 5.74) is 0. The van der Waals surface area contributed by atoms with Crippen LogP contribution in [0, 0.1) is 0 Å². The maximum absolute atomic E-state index is 6.05. The lowest BCUT2D eigenvalue weighted by atomic mass is 10.3. The number of nitrogens with zero attached hydrogens (tertiary/aromatic N) is 1. The van der Waals surface area contributed by atoms with Crippen LogP contribution in [-0.2, 0) is 9.47 Å². The maximum atomic E-state index is 6.05. The molecule has 1 aromatic rings. The lowest BCUT2D eigenvalue weighted by Gasteiger charge is -2.14. The molecule has 0 aliphatic carbocycles. The predicted octanol–water partition coefficient (Wildman–Crippen LogP) is 2.85. The van der Waals surface area contributed by atoms with E-state index in [1.54, 1.807) is 26.3 Å². The second-order valence-corrected chi connectivity index (χ2v) is 5.83. The van der Waals surface area contributed by atoms with Crippen molar-refractivity contribution < 1.29 is 14.2 Å². The molecule has 0 aliphatic heterocycles. The Morgan fingerprint density at radius 3 is 2.21 bits per heavy atom. The minimum atomic E-state index is 0.367. The van der Waals surface area contributed by atoms with Gasteiger partial charge in [-0.2, -0.15) is 0 Å². The SMILES string of the molecule is CN=C(NCCOCCOC)NCCOc1c(Cl)cc(Cl)cc1Cl. The van der Waals surface area contributed by atoms with Gasteiger partial charge in [0, 0.05) is 25.7 Å². The summed E-state index contributed by atoms with van der Waals surface area (Å²) >= 11 is 18.0. The number of nitrogens with one attached hydrogen (secondary N) is 2. The van der Waals surface area contributed by atoms with Gasteiger partial charge in [0.25, 0.3) is 0 Å². The van der Waals surface area contributed by atoms with Gasteiger partial charge in [-0.05, 0) is 12.1 Å². The molecule has 0 heterocycles. The van der Waals surface area contributed by atoms with Crippen molar-refractivity contribution in [3.05, 3.63) is 27.2 Å². The summed E-state index contributed by atoms with van der Waals surface area (Å²) in [4.78, 5) is 4.10. The van der Waals surface area contributed by atoms with Crippen molar-refractivity contribution in [2.24, 2.45) is 4.99 Å². The fourth-order valence-electron chi connectivity index (χ4n) is 1.70. The van der Waals surface area contributed by atoms with E-state index in [0.717, 1.165) is 0 Å². The molecular weight excluding hydrogens is 377 g/mol. The molecule has 1 aromatic carbocycles.